The number of methoxy groups -OCH3 is 1. The molecule has 0 aliphatic carbocycles. The van der Waals surface area contributed by atoms with Crippen LogP contribution in [0, 0.1) is 11.8 Å². The lowest BCUT2D eigenvalue weighted by Crippen LogP contribution is -2.54. The summed E-state index contributed by atoms with van der Waals surface area (Å²) in [6.45, 7) is 6.07. The number of halogens is 2. The minimum absolute atomic E-state index is 0. The molecule has 27 heavy (non-hydrogen) atoms. The van der Waals surface area contributed by atoms with E-state index in [0.717, 1.165) is 41.7 Å². The Labute approximate surface area is 172 Å². The molecule has 3 aliphatic heterocycles. The molecule has 1 aromatic heterocycles. The van der Waals surface area contributed by atoms with Gasteiger partial charge in [0.15, 0.2) is 0 Å². The molecule has 4 heterocycles. The van der Waals surface area contributed by atoms with Crippen molar-refractivity contribution in [2.24, 2.45) is 11.8 Å². The molecule has 7 heteroatoms. The second kappa shape index (κ2) is 9.71. The zero-order chi connectivity index (χ0) is 16.7. The third kappa shape index (κ3) is 4.23. The van der Waals surface area contributed by atoms with Crippen molar-refractivity contribution in [2.75, 3.05) is 20.2 Å². The van der Waals surface area contributed by atoms with E-state index in [-0.39, 0.29) is 36.3 Å². The van der Waals surface area contributed by atoms with E-state index in [0.29, 0.717) is 11.8 Å². The van der Waals surface area contributed by atoms with Crippen LogP contribution in [0.4, 0.5) is 0 Å². The van der Waals surface area contributed by atoms with Crippen molar-refractivity contribution in [3.8, 4) is 5.75 Å². The Morgan fingerprint density at radius 2 is 2.11 bits per heavy atom. The number of ether oxygens (including phenoxy) is 1. The molecule has 3 aliphatic rings. The van der Waals surface area contributed by atoms with Gasteiger partial charge in [0.2, 0.25) is 0 Å². The molecule has 3 saturated heterocycles. The van der Waals surface area contributed by atoms with Crippen molar-refractivity contribution in [3.63, 3.8) is 0 Å². The van der Waals surface area contributed by atoms with Crippen LogP contribution in [0.1, 0.15) is 24.5 Å². The van der Waals surface area contributed by atoms with Gasteiger partial charge >= 0.3 is 0 Å². The molecule has 150 valence electrons. The van der Waals surface area contributed by atoms with E-state index in [1.165, 1.54) is 6.42 Å². The third-order valence-electron chi connectivity index (χ3n) is 5.82. The number of nitrogens with zero attached hydrogens (tertiary/aromatic N) is 2. The van der Waals surface area contributed by atoms with Crippen LogP contribution in [0.15, 0.2) is 43.1 Å². The molecule has 5 nitrogen and oxygen atoms in total. The number of pyridine rings is 1. The van der Waals surface area contributed by atoms with Gasteiger partial charge in [-0.2, -0.15) is 0 Å². The summed E-state index contributed by atoms with van der Waals surface area (Å²) in [4.78, 5) is 6.86. The summed E-state index contributed by atoms with van der Waals surface area (Å²) < 4.78 is 5.35. The fourth-order valence-corrected chi connectivity index (χ4v) is 4.44. The van der Waals surface area contributed by atoms with Crippen molar-refractivity contribution in [2.45, 2.75) is 25.0 Å². The largest absolute Gasteiger partial charge is 0.497 e. The highest BCUT2D eigenvalue weighted by Gasteiger charge is 2.42. The number of hydrogen-bond donors (Lipinski definition) is 1. The molecular weight excluding hydrogens is 387 g/mol. The lowest BCUT2D eigenvalue weighted by Gasteiger charge is -2.50. The van der Waals surface area contributed by atoms with Crippen molar-refractivity contribution in [1.82, 2.24) is 9.88 Å². The van der Waals surface area contributed by atoms with Gasteiger partial charge in [0.05, 0.1) is 18.7 Å². The Hall–Kier alpha value is -1.37. The lowest BCUT2D eigenvalue weighted by atomic mass is 9.73. The number of aliphatic hydroxyl groups is 1. The highest BCUT2D eigenvalue weighted by atomic mass is 35.5. The minimum atomic E-state index is -0.504. The Balaban J connectivity index is 0.00000121. The van der Waals surface area contributed by atoms with Crippen LogP contribution >= 0.6 is 24.8 Å². The van der Waals surface area contributed by atoms with E-state index in [1.807, 2.05) is 24.3 Å². The van der Waals surface area contributed by atoms with Gasteiger partial charge in [-0.15, -0.1) is 31.4 Å². The average Bonchev–Trinajstić information content (AvgIpc) is 2.66. The first-order valence-electron chi connectivity index (χ1n) is 8.68. The number of rotatable bonds is 4. The summed E-state index contributed by atoms with van der Waals surface area (Å²) in [6, 6.07) is 7.96. The molecule has 2 bridgehead atoms. The molecule has 0 saturated carbocycles. The van der Waals surface area contributed by atoms with Gasteiger partial charge < -0.3 is 15.3 Å². The van der Waals surface area contributed by atoms with Crippen LogP contribution in [0.3, 0.4) is 0 Å². The van der Waals surface area contributed by atoms with Crippen molar-refractivity contribution >= 4 is 35.7 Å². The second-order valence-corrected chi connectivity index (χ2v) is 6.97. The fourth-order valence-electron chi connectivity index (χ4n) is 4.44. The molecule has 3 N–H and O–H groups in total. The molecule has 5 unspecified atom stereocenters. The number of benzene rings is 1. The summed E-state index contributed by atoms with van der Waals surface area (Å²) in [7, 11) is 1.66. The number of piperidine rings is 3. The van der Waals surface area contributed by atoms with E-state index >= 15 is 0 Å². The molecule has 3 fully saturated rings. The number of aliphatic hydroxyl groups excluding tert-OH is 1. The van der Waals surface area contributed by atoms with Crippen LogP contribution in [0.2, 0.25) is 0 Å². The van der Waals surface area contributed by atoms with Crippen molar-refractivity contribution in [3.05, 3.63) is 48.7 Å². The average molecular weight is 415 g/mol. The quantitative estimate of drug-likeness (QED) is 0.779. The smallest absolute Gasteiger partial charge is 0.119 e. The van der Waals surface area contributed by atoms with Crippen LogP contribution in [0.5, 0.6) is 5.75 Å². The molecule has 5 atom stereocenters. The van der Waals surface area contributed by atoms with Gasteiger partial charge in [-0.05, 0) is 61.1 Å². The summed E-state index contributed by atoms with van der Waals surface area (Å²) in [6.07, 6.45) is 5.62. The molecule has 0 radical (unpaired) electrons. The molecular formula is C20H28Cl2N2O3. The standard InChI is InChI=1S/C20H24N2O2.2ClH.H2O/c1-3-13-12-22-9-7-14(13)10-19(22)20(23)16-6-8-21-18-5-4-15(24-2)11-17(16)18;;;/h3-6,8,11,13-14,19-20,23H,1,7,9-10,12H2,2H3;2*1H;1H2. The maximum atomic E-state index is 11.2. The molecule has 1 aromatic carbocycles. The minimum Gasteiger partial charge on any atom is -0.497 e. The lowest BCUT2D eigenvalue weighted by molar-refractivity contribution is -0.0444. The van der Waals surface area contributed by atoms with Gasteiger partial charge in [-0.1, -0.05) is 6.08 Å². The molecule has 2 aromatic rings. The fraction of sp³-hybridized carbons (Fsp3) is 0.450. The molecule has 5 rings (SSSR count). The Kier molecular flexibility index (Phi) is 8.51. The molecule has 0 amide bonds. The molecule has 0 spiro atoms. The number of aromatic nitrogens is 1. The summed E-state index contributed by atoms with van der Waals surface area (Å²) in [5.74, 6) is 2.01. The van der Waals surface area contributed by atoms with E-state index in [1.54, 1.807) is 13.3 Å². The Bertz CT molecular complexity index is 774. The number of hydrogen-bond acceptors (Lipinski definition) is 4. The summed E-state index contributed by atoms with van der Waals surface area (Å²) in [5.41, 5.74) is 1.85. The Morgan fingerprint density at radius 3 is 2.74 bits per heavy atom. The van der Waals surface area contributed by atoms with E-state index < -0.39 is 6.10 Å². The Morgan fingerprint density at radius 1 is 1.33 bits per heavy atom. The predicted octanol–water partition coefficient (Wildman–Crippen LogP) is 3.19. The zero-order valence-electron chi connectivity index (χ0n) is 15.4. The number of fused-ring (bicyclic) bond motifs is 4. The highest BCUT2D eigenvalue weighted by molar-refractivity contribution is 5.85. The van der Waals surface area contributed by atoms with E-state index in [4.69, 9.17) is 4.74 Å². The zero-order valence-corrected chi connectivity index (χ0v) is 17.0. The van der Waals surface area contributed by atoms with E-state index in [2.05, 4.69) is 22.5 Å². The summed E-state index contributed by atoms with van der Waals surface area (Å²) in [5, 5.41) is 12.1. The van der Waals surface area contributed by atoms with Gasteiger partial charge in [0.25, 0.3) is 0 Å². The maximum Gasteiger partial charge on any atom is 0.119 e. The first-order valence-corrected chi connectivity index (χ1v) is 8.68. The monoisotopic (exact) mass is 414 g/mol. The van der Waals surface area contributed by atoms with Gasteiger partial charge in [-0.25, -0.2) is 0 Å². The van der Waals surface area contributed by atoms with E-state index in [9.17, 15) is 5.11 Å². The summed E-state index contributed by atoms with van der Waals surface area (Å²) >= 11 is 0. The maximum absolute atomic E-state index is 11.2. The SMILES string of the molecule is C=CC1CN2CCC1CC2C(O)c1ccnc2ccc(OC)cc12.Cl.Cl.O. The second-order valence-electron chi connectivity index (χ2n) is 6.97. The normalized spacial score (nSPS) is 26.9. The van der Waals surface area contributed by atoms with Crippen LogP contribution < -0.4 is 4.74 Å². The van der Waals surface area contributed by atoms with Crippen molar-refractivity contribution < 1.29 is 15.3 Å². The third-order valence-corrected chi connectivity index (χ3v) is 5.82. The van der Waals surface area contributed by atoms with Crippen LogP contribution in [-0.4, -0.2) is 46.7 Å². The topological polar surface area (TPSA) is 77.1 Å². The van der Waals surface area contributed by atoms with Crippen LogP contribution in [0.25, 0.3) is 10.9 Å². The first-order chi connectivity index (χ1) is 11.7. The predicted molar refractivity (Wildman–Crippen MR) is 113 cm³/mol. The van der Waals surface area contributed by atoms with Crippen LogP contribution in [-0.2, 0) is 0 Å². The highest BCUT2D eigenvalue weighted by Crippen LogP contribution is 2.42. The first kappa shape index (κ1) is 23.7. The van der Waals surface area contributed by atoms with Gasteiger partial charge in [0.1, 0.15) is 5.75 Å². The van der Waals surface area contributed by atoms with Gasteiger partial charge in [-0.3, -0.25) is 9.88 Å². The van der Waals surface area contributed by atoms with Gasteiger partial charge in [0, 0.05) is 24.2 Å². The van der Waals surface area contributed by atoms with Crippen molar-refractivity contribution in [1.29, 1.82) is 0 Å².